The molecule has 3 aliphatic rings. The largest absolute Gasteiger partial charge is 0.481 e. The van der Waals surface area contributed by atoms with E-state index in [9.17, 15) is 18.6 Å². The van der Waals surface area contributed by atoms with Crippen LogP contribution < -0.4 is 0 Å². The van der Waals surface area contributed by atoms with E-state index in [1.807, 2.05) is 6.92 Å². The third kappa shape index (κ3) is 2.70. The summed E-state index contributed by atoms with van der Waals surface area (Å²) in [5.74, 6) is -2.28. The number of hydrogen-bond acceptors (Lipinski definition) is 5. The lowest BCUT2D eigenvalue weighted by atomic mass is 9.81. The topological polar surface area (TPSA) is 91.8 Å². The fourth-order valence-corrected chi connectivity index (χ4v) is 7.08. The minimum absolute atomic E-state index is 0.00539. The summed E-state index contributed by atoms with van der Waals surface area (Å²) in [7, 11) is -1.83. The quantitative estimate of drug-likeness (QED) is 0.768. The van der Waals surface area contributed by atoms with Crippen molar-refractivity contribution >= 4 is 40.5 Å². The molecule has 0 aromatic heterocycles. The molecule has 1 aromatic rings. The number of aryl methyl sites for hydroxylation is 1. The van der Waals surface area contributed by atoms with Crippen LogP contribution in [0.3, 0.4) is 0 Å². The maximum Gasteiger partial charge on any atom is 0.313 e. The zero-order chi connectivity index (χ0) is 18.6. The lowest BCUT2D eigenvalue weighted by Gasteiger charge is -2.27. The standard InChI is InChI=1S/C18H19NO5S2/c1-9-2-4-11(5-3-9)26(24)19-17(22)15-10-6-12(16(15)18(19)23)13(7-10)25-8-14(20)21/h2-5,10,12-13,15-16H,6-8H2,1H3,(H,20,21). The fourth-order valence-electron chi connectivity index (χ4n) is 4.67. The van der Waals surface area contributed by atoms with E-state index >= 15 is 0 Å². The van der Waals surface area contributed by atoms with Crippen LogP contribution in [0.4, 0.5) is 0 Å². The first-order chi connectivity index (χ1) is 12.4. The van der Waals surface area contributed by atoms with Gasteiger partial charge in [-0.1, -0.05) is 17.7 Å². The van der Waals surface area contributed by atoms with Gasteiger partial charge in [0.15, 0.2) is 11.0 Å². The molecule has 4 rings (SSSR count). The molecule has 2 amide bonds. The number of imide groups is 1. The first-order valence-corrected chi connectivity index (χ1v) is 10.7. The SMILES string of the molecule is Cc1ccc(S(=O)N2C(=O)C3C4CC(SCC(=O)O)C(C4)C3C2=O)cc1. The van der Waals surface area contributed by atoms with Crippen molar-refractivity contribution in [2.24, 2.45) is 23.7 Å². The highest BCUT2D eigenvalue weighted by atomic mass is 32.2. The lowest BCUT2D eigenvalue weighted by Crippen LogP contribution is -2.35. The summed E-state index contributed by atoms with van der Waals surface area (Å²) in [5, 5.41) is 8.98. The third-order valence-electron chi connectivity index (χ3n) is 5.72. The van der Waals surface area contributed by atoms with Crippen LogP contribution in [0, 0.1) is 30.6 Å². The van der Waals surface area contributed by atoms with Crippen LogP contribution in [0.5, 0.6) is 0 Å². The molecule has 3 fully saturated rings. The second-order valence-corrected chi connectivity index (χ2v) is 9.79. The molecular formula is C18H19NO5S2. The van der Waals surface area contributed by atoms with Gasteiger partial charge in [0.05, 0.1) is 22.5 Å². The molecule has 8 heteroatoms. The minimum atomic E-state index is -1.83. The predicted octanol–water partition coefficient (Wildman–Crippen LogP) is 1.85. The summed E-state index contributed by atoms with van der Waals surface area (Å²) in [6.45, 7) is 1.91. The summed E-state index contributed by atoms with van der Waals surface area (Å²) >= 11 is 1.36. The van der Waals surface area contributed by atoms with Gasteiger partial charge in [-0.2, -0.15) is 4.31 Å². The van der Waals surface area contributed by atoms with E-state index < -0.39 is 22.9 Å². The van der Waals surface area contributed by atoms with E-state index in [1.54, 1.807) is 24.3 Å². The van der Waals surface area contributed by atoms with Crippen LogP contribution in [-0.2, 0) is 25.4 Å². The molecule has 1 aromatic carbocycles. The highest BCUT2D eigenvalue weighted by Crippen LogP contribution is 2.59. The van der Waals surface area contributed by atoms with Gasteiger partial charge < -0.3 is 5.11 Å². The van der Waals surface area contributed by atoms with Gasteiger partial charge in [-0.3, -0.25) is 14.4 Å². The van der Waals surface area contributed by atoms with Crippen molar-refractivity contribution in [3.8, 4) is 0 Å². The smallest absolute Gasteiger partial charge is 0.313 e. The average molecular weight is 393 g/mol. The zero-order valence-electron chi connectivity index (χ0n) is 14.2. The van der Waals surface area contributed by atoms with Crippen LogP contribution in [-0.4, -0.2) is 42.4 Å². The second-order valence-electron chi connectivity index (χ2n) is 7.22. The molecule has 2 aliphatic carbocycles. The number of fused-ring (bicyclic) bond motifs is 5. The summed E-state index contributed by atoms with van der Waals surface area (Å²) in [6.07, 6.45) is 1.54. The van der Waals surface area contributed by atoms with Gasteiger partial charge in [0.25, 0.3) is 0 Å². The number of aliphatic carboxylic acids is 1. The first kappa shape index (κ1) is 17.7. The maximum absolute atomic E-state index is 12.9. The van der Waals surface area contributed by atoms with Gasteiger partial charge in [-0.15, -0.1) is 11.8 Å². The van der Waals surface area contributed by atoms with Gasteiger partial charge in [0.2, 0.25) is 11.8 Å². The normalized spacial score (nSPS) is 33.6. The van der Waals surface area contributed by atoms with Gasteiger partial charge in [0, 0.05) is 5.25 Å². The number of nitrogens with zero attached hydrogens (tertiary/aromatic N) is 1. The molecule has 2 bridgehead atoms. The number of carboxylic acids is 1. The molecule has 26 heavy (non-hydrogen) atoms. The molecule has 0 radical (unpaired) electrons. The Morgan fingerprint density at radius 1 is 1.19 bits per heavy atom. The van der Waals surface area contributed by atoms with E-state index in [-0.39, 0.29) is 40.6 Å². The van der Waals surface area contributed by atoms with Crippen molar-refractivity contribution in [1.82, 2.24) is 4.31 Å². The average Bonchev–Trinajstić information content (AvgIpc) is 3.24. The van der Waals surface area contributed by atoms with Gasteiger partial charge in [0.1, 0.15) is 0 Å². The van der Waals surface area contributed by atoms with Gasteiger partial charge in [-0.25, -0.2) is 4.21 Å². The summed E-state index contributed by atoms with van der Waals surface area (Å²) < 4.78 is 13.8. The number of benzene rings is 1. The van der Waals surface area contributed by atoms with E-state index in [4.69, 9.17) is 5.11 Å². The van der Waals surface area contributed by atoms with Crippen molar-refractivity contribution in [3.05, 3.63) is 29.8 Å². The molecule has 1 heterocycles. The van der Waals surface area contributed by atoms with E-state index in [0.717, 1.165) is 22.7 Å². The Kier molecular flexibility index (Phi) is 4.43. The Balaban J connectivity index is 1.56. The Hall–Kier alpha value is -1.67. The van der Waals surface area contributed by atoms with Crippen LogP contribution in [0.2, 0.25) is 0 Å². The van der Waals surface area contributed by atoms with Crippen LogP contribution in [0.1, 0.15) is 18.4 Å². The number of amides is 2. The minimum Gasteiger partial charge on any atom is -0.481 e. The Labute approximate surface area is 157 Å². The van der Waals surface area contributed by atoms with Crippen LogP contribution in [0.25, 0.3) is 0 Å². The molecular weight excluding hydrogens is 374 g/mol. The summed E-state index contributed by atoms with van der Waals surface area (Å²) in [4.78, 5) is 37.1. The van der Waals surface area contributed by atoms with Crippen LogP contribution in [0.15, 0.2) is 29.2 Å². The first-order valence-electron chi connectivity index (χ1n) is 8.58. The predicted molar refractivity (Wildman–Crippen MR) is 96.5 cm³/mol. The molecule has 6 nitrogen and oxygen atoms in total. The molecule has 6 unspecified atom stereocenters. The van der Waals surface area contributed by atoms with Gasteiger partial charge in [-0.05, 0) is 43.7 Å². The highest BCUT2D eigenvalue weighted by Gasteiger charge is 2.65. The summed E-state index contributed by atoms with van der Waals surface area (Å²) in [6, 6.07) is 6.98. The van der Waals surface area contributed by atoms with Crippen molar-refractivity contribution in [3.63, 3.8) is 0 Å². The molecule has 138 valence electrons. The lowest BCUT2D eigenvalue weighted by molar-refractivity contribution is -0.135. The number of hydrogen-bond donors (Lipinski definition) is 1. The molecule has 2 saturated carbocycles. The number of carboxylic acid groups (broad SMARTS) is 1. The maximum atomic E-state index is 12.9. The van der Waals surface area contributed by atoms with Crippen LogP contribution >= 0.6 is 11.8 Å². The zero-order valence-corrected chi connectivity index (χ0v) is 15.8. The fraction of sp³-hybridized carbons (Fsp3) is 0.500. The van der Waals surface area contributed by atoms with Crippen molar-refractivity contribution in [2.45, 2.75) is 29.9 Å². The number of thioether (sulfide) groups is 1. The van der Waals surface area contributed by atoms with Crippen molar-refractivity contribution in [2.75, 3.05) is 5.75 Å². The van der Waals surface area contributed by atoms with Gasteiger partial charge >= 0.3 is 5.97 Å². The Morgan fingerprint density at radius 3 is 2.50 bits per heavy atom. The molecule has 0 spiro atoms. The van der Waals surface area contributed by atoms with E-state index in [1.165, 1.54) is 11.8 Å². The molecule has 1 N–H and O–H groups in total. The Bertz CT molecular complexity index is 808. The number of carbonyl (C=O) groups excluding carboxylic acids is 2. The molecule has 1 saturated heterocycles. The van der Waals surface area contributed by atoms with E-state index in [2.05, 4.69) is 0 Å². The van der Waals surface area contributed by atoms with Crippen molar-refractivity contribution < 1.29 is 23.7 Å². The third-order valence-corrected chi connectivity index (χ3v) is 8.47. The monoisotopic (exact) mass is 393 g/mol. The number of carbonyl (C=O) groups is 3. The molecule has 1 aliphatic heterocycles. The Morgan fingerprint density at radius 2 is 1.85 bits per heavy atom. The van der Waals surface area contributed by atoms with E-state index in [0.29, 0.717) is 4.90 Å². The van der Waals surface area contributed by atoms with Crippen molar-refractivity contribution in [1.29, 1.82) is 0 Å². The second kappa shape index (κ2) is 6.49. The number of rotatable bonds is 5. The highest BCUT2D eigenvalue weighted by molar-refractivity contribution is 8.00. The molecule has 6 atom stereocenters. The summed E-state index contributed by atoms with van der Waals surface area (Å²) in [5.41, 5.74) is 1.01.